The molecule has 0 radical (unpaired) electrons. The molecule has 2 nitrogen and oxygen atoms in total. The first-order valence-electron chi connectivity index (χ1n) is 6.52. The molecule has 3 unspecified atom stereocenters. The second-order valence-electron chi connectivity index (χ2n) is 6.29. The highest BCUT2D eigenvalue weighted by Gasteiger charge is 2.44. The minimum atomic E-state index is 0.633. The monoisotopic (exact) mass is 210 g/mol. The Hall–Kier alpha value is -0.0800. The van der Waals surface area contributed by atoms with E-state index in [1.807, 2.05) is 0 Å². The summed E-state index contributed by atoms with van der Waals surface area (Å²) in [4.78, 5) is 0. The lowest BCUT2D eigenvalue weighted by atomic mass is 9.93. The summed E-state index contributed by atoms with van der Waals surface area (Å²) in [7, 11) is 0. The zero-order valence-electron chi connectivity index (χ0n) is 10.5. The highest BCUT2D eigenvalue weighted by atomic mass is 14.9. The van der Waals surface area contributed by atoms with Crippen LogP contribution in [0.15, 0.2) is 0 Å². The standard InChI is InChI=1S/C13H26N2/c1-10-6-11(4-5-15-10)8-14-9-12-7-13(12,2)3/h10-12,14-15H,4-9H2,1-3H3. The molecule has 88 valence electrons. The van der Waals surface area contributed by atoms with E-state index in [0.29, 0.717) is 5.41 Å². The Morgan fingerprint density at radius 2 is 2.07 bits per heavy atom. The molecule has 15 heavy (non-hydrogen) atoms. The molecule has 0 aromatic heterocycles. The van der Waals surface area contributed by atoms with Gasteiger partial charge in [-0.3, -0.25) is 0 Å². The van der Waals surface area contributed by atoms with Crippen LogP contribution < -0.4 is 10.6 Å². The summed E-state index contributed by atoms with van der Waals surface area (Å²) >= 11 is 0. The molecule has 2 aliphatic rings. The molecule has 0 aromatic carbocycles. The summed E-state index contributed by atoms with van der Waals surface area (Å²) in [5, 5.41) is 7.17. The Bertz CT molecular complexity index is 213. The maximum Gasteiger partial charge on any atom is 0.00418 e. The summed E-state index contributed by atoms with van der Waals surface area (Å²) in [5.74, 6) is 1.85. The molecule has 1 saturated carbocycles. The predicted octanol–water partition coefficient (Wildman–Crippen LogP) is 2.01. The number of piperidine rings is 1. The fourth-order valence-electron chi connectivity index (χ4n) is 2.81. The van der Waals surface area contributed by atoms with Gasteiger partial charge in [0.2, 0.25) is 0 Å². The van der Waals surface area contributed by atoms with Crippen molar-refractivity contribution in [2.45, 2.75) is 46.1 Å². The Kier molecular flexibility index (Phi) is 3.36. The van der Waals surface area contributed by atoms with Crippen molar-refractivity contribution in [2.75, 3.05) is 19.6 Å². The third-order valence-corrected chi connectivity index (χ3v) is 4.27. The van der Waals surface area contributed by atoms with E-state index in [2.05, 4.69) is 31.4 Å². The second kappa shape index (κ2) is 4.42. The molecule has 0 spiro atoms. The van der Waals surface area contributed by atoms with Crippen LogP contribution >= 0.6 is 0 Å². The van der Waals surface area contributed by atoms with E-state index in [1.54, 1.807) is 0 Å². The van der Waals surface area contributed by atoms with Crippen molar-refractivity contribution >= 4 is 0 Å². The molecule has 1 aliphatic heterocycles. The summed E-state index contributed by atoms with van der Waals surface area (Å²) in [5.41, 5.74) is 0.633. The Labute approximate surface area is 94.2 Å². The Balaban J connectivity index is 1.58. The zero-order chi connectivity index (χ0) is 10.9. The normalized spacial score (nSPS) is 39.0. The van der Waals surface area contributed by atoms with E-state index in [0.717, 1.165) is 17.9 Å². The van der Waals surface area contributed by atoms with Crippen molar-refractivity contribution in [3.05, 3.63) is 0 Å². The molecular formula is C13H26N2. The fraction of sp³-hybridized carbons (Fsp3) is 1.00. The zero-order valence-corrected chi connectivity index (χ0v) is 10.5. The van der Waals surface area contributed by atoms with Gasteiger partial charge in [-0.2, -0.15) is 0 Å². The number of hydrogen-bond donors (Lipinski definition) is 2. The first-order valence-corrected chi connectivity index (χ1v) is 6.52. The second-order valence-corrected chi connectivity index (χ2v) is 6.29. The number of nitrogens with one attached hydrogen (secondary N) is 2. The fourth-order valence-corrected chi connectivity index (χ4v) is 2.81. The maximum absolute atomic E-state index is 3.67. The largest absolute Gasteiger partial charge is 0.316 e. The van der Waals surface area contributed by atoms with Crippen LogP contribution in [0.25, 0.3) is 0 Å². The van der Waals surface area contributed by atoms with Gasteiger partial charge in [0, 0.05) is 6.04 Å². The predicted molar refractivity (Wildman–Crippen MR) is 64.9 cm³/mol. The Morgan fingerprint density at radius 1 is 1.33 bits per heavy atom. The smallest absolute Gasteiger partial charge is 0.00418 e. The van der Waals surface area contributed by atoms with Crippen LogP contribution in [0.2, 0.25) is 0 Å². The third-order valence-electron chi connectivity index (χ3n) is 4.27. The van der Waals surface area contributed by atoms with Crippen LogP contribution in [-0.2, 0) is 0 Å². The van der Waals surface area contributed by atoms with E-state index in [4.69, 9.17) is 0 Å². The molecule has 0 amide bonds. The van der Waals surface area contributed by atoms with Crippen molar-refractivity contribution < 1.29 is 0 Å². The molecule has 2 heteroatoms. The minimum Gasteiger partial charge on any atom is -0.316 e. The molecule has 1 aliphatic carbocycles. The van der Waals surface area contributed by atoms with Crippen LogP contribution in [0.1, 0.15) is 40.0 Å². The van der Waals surface area contributed by atoms with Gasteiger partial charge in [-0.05, 0) is 63.1 Å². The van der Waals surface area contributed by atoms with E-state index >= 15 is 0 Å². The van der Waals surface area contributed by atoms with Crippen molar-refractivity contribution in [3.8, 4) is 0 Å². The van der Waals surface area contributed by atoms with Crippen molar-refractivity contribution in [1.82, 2.24) is 10.6 Å². The van der Waals surface area contributed by atoms with Gasteiger partial charge in [0.15, 0.2) is 0 Å². The summed E-state index contributed by atoms with van der Waals surface area (Å²) in [6.45, 7) is 10.8. The van der Waals surface area contributed by atoms with E-state index in [-0.39, 0.29) is 0 Å². The van der Waals surface area contributed by atoms with Gasteiger partial charge >= 0.3 is 0 Å². The Morgan fingerprint density at radius 3 is 2.67 bits per heavy atom. The average molecular weight is 210 g/mol. The SMILES string of the molecule is CC1CC(CNCC2CC2(C)C)CCN1. The average Bonchev–Trinajstić information content (AvgIpc) is 2.74. The van der Waals surface area contributed by atoms with E-state index in [9.17, 15) is 0 Å². The van der Waals surface area contributed by atoms with Gasteiger partial charge in [-0.1, -0.05) is 13.8 Å². The third kappa shape index (κ3) is 3.18. The molecule has 1 heterocycles. The molecule has 2 fully saturated rings. The molecule has 0 bridgehead atoms. The van der Waals surface area contributed by atoms with Gasteiger partial charge in [-0.25, -0.2) is 0 Å². The van der Waals surface area contributed by atoms with Gasteiger partial charge in [0.1, 0.15) is 0 Å². The quantitative estimate of drug-likeness (QED) is 0.742. The lowest BCUT2D eigenvalue weighted by molar-refractivity contribution is 0.302. The lowest BCUT2D eigenvalue weighted by Gasteiger charge is -2.28. The highest BCUT2D eigenvalue weighted by Crippen LogP contribution is 2.50. The molecule has 0 aromatic rings. The van der Waals surface area contributed by atoms with Gasteiger partial charge in [-0.15, -0.1) is 0 Å². The van der Waals surface area contributed by atoms with Crippen molar-refractivity contribution in [2.24, 2.45) is 17.3 Å². The number of rotatable bonds is 4. The van der Waals surface area contributed by atoms with Crippen LogP contribution in [0, 0.1) is 17.3 Å². The van der Waals surface area contributed by atoms with Crippen molar-refractivity contribution in [3.63, 3.8) is 0 Å². The first-order chi connectivity index (χ1) is 7.08. The minimum absolute atomic E-state index is 0.633. The van der Waals surface area contributed by atoms with Crippen LogP contribution in [0.4, 0.5) is 0 Å². The maximum atomic E-state index is 3.67. The molecule has 2 N–H and O–H groups in total. The summed E-state index contributed by atoms with van der Waals surface area (Å²) < 4.78 is 0. The molecule has 1 saturated heterocycles. The number of hydrogen-bond acceptors (Lipinski definition) is 2. The lowest BCUT2D eigenvalue weighted by Crippen LogP contribution is -2.39. The molecule has 2 rings (SSSR count). The van der Waals surface area contributed by atoms with Crippen molar-refractivity contribution in [1.29, 1.82) is 0 Å². The van der Waals surface area contributed by atoms with E-state index in [1.165, 1.54) is 38.9 Å². The topological polar surface area (TPSA) is 24.1 Å². The first kappa shape index (κ1) is 11.4. The van der Waals surface area contributed by atoms with Gasteiger partial charge < -0.3 is 10.6 Å². The van der Waals surface area contributed by atoms with Gasteiger partial charge in [0.25, 0.3) is 0 Å². The van der Waals surface area contributed by atoms with Crippen LogP contribution in [-0.4, -0.2) is 25.7 Å². The van der Waals surface area contributed by atoms with Crippen LogP contribution in [0.5, 0.6) is 0 Å². The highest BCUT2D eigenvalue weighted by molar-refractivity contribution is 4.96. The van der Waals surface area contributed by atoms with E-state index < -0.39 is 0 Å². The van der Waals surface area contributed by atoms with Crippen LogP contribution in [0.3, 0.4) is 0 Å². The summed E-state index contributed by atoms with van der Waals surface area (Å²) in [6, 6.07) is 0.725. The summed E-state index contributed by atoms with van der Waals surface area (Å²) in [6.07, 6.45) is 4.12. The molecular weight excluding hydrogens is 184 g/mol. The molecule has 3 atom stereocenters. The van der Waals surface area contributed by atoms with Gasteiger partial charge in [0.05, 0.1) is 0 Å².